The average molecular weight is 229 g/mol. The van der Waals surface area contributed by atoms with Crippen LogP contribution in [0.15, 0.2) is 36.5 Å². The molecule has 0 aliphatic rings. The predicted molar refractivity (Wildman–Crippen MR) is 68.7 cm³/mol. The zero-order valence-electron chi connectivity index (χ0n) is 10.5. The summed E-state index contributed by atoms with van der Waals surface area (Å²) in [6, 6.07) is 10.5. The first kappa shape index (κ1) is 11.8. The Hall–Kier alpha value is -1.64. The Bertz CT molecular complexity index is 446. The Morgan fingerprint density at radius 1 is 1.18 bits per heavy atom. The van der Waals surface area contributed by atoms with Gasteiger partial charge in [-0.05, 0) is 24.3 Å². The van der Waals surface area contributed by atoms with Crippen molar-refractivity contribution in [1.29, 1.82) is 0 Å². The minimum atomic E-state index is 0.634. The van der Waals surface area contributed by atoms with Crippen LogP contribution < -0.4 is 0 Å². The van der Waals surface area contributed by atoms with Gasteiger partial charge in [0, 0.05) is 12.7 Å². The molecule has 2 rings (SSSR count). The van der Waals surface area contributed by atoms with Crippen LogP contribution in [-0.4, -0.2) is 15.0 Å². The minimum Gasteiger partial charge on any atom is -0.252 e. The zero-order chi connectivity index (χ0) is 12.1. The molecule has 0 atom stereocenters. The molecule has 0 radical (unpaired) electrons. The van der Waals surface area contributed by atoms with E-state index in [1.54, 1.807) is 0 Å². The van der Waals surface area contributed by atoms with Crippen molar-refractivity contribution in [3.8, 4) is 0 Å². The quantitative estimate of drug-likeness (QED) is 0.789. The van der Waals surface area contributed by atoms with Gasteiger partial charge in [0.1, 0.15) is 0 Å². The summed E-state index contributed by atoms with van der Waals surface area (Å²) >= 11 is 0. The zero-order valence-corrected chi connectivity index (χ0v) is 10.5. The predicted octanol–water partition coefficient (Wildman–Crippen LogP) is 2.72. The fourth-order valence-corrected chi connectivity index (χ4v) is 1.85. The van der Waals surface area contributed by atoms with Crippen molar-refractivity contribution in [2.75, 3.05) is 0 Å². The summed E-state index contributed by atoms with van der Waals surface area (Å²) in [5.41, 5.74) is 2.43. The number of benzene rings is 1. The van der Waals surface area contributed by atoms with Gasteiger partial charge < -0.3 is 0 Å². The van der Waals surface area contributed by atoms with E-state index >= 15 is 0 Å². The van der Waals surface area contributed by atoms with Crippen molar-refractivity contribution in [2.45, 2.75) is 33.2 Å². The highest BCUT2D eigenvalue weighted by Crippen LogP contribution is 2.05. The van der Waals surface area contributed by atoms with E-state index in [0.717, 1.165) is 25.1 Å². The van der Waals surface area contributed by atoms with Crippen LogP contribution in [0.2, 0.25) is 0 Å². The standard InChI is InChI=1S/C14H19N3/c1-12(2)10-14-11-17(16-15-14)9-8-13-6-4-3-5-7-13/h3-7,11-12H,8-10H2,1-2H3. The van der Waals surface area contributed by atoms with Crippen LogP contribution in [0.3, 0.4) is 0 Å². The van der Waals surface area contributed by atoms with Crippen LogP contribution in [0.5, 0.6) is 0 Å². The van der Waals surface area contributed by atoms with E-state index in [9.17, 15) is 0 Å². The summed E-state index contributed by atoms with van der Waals surface area (Å²) in [5, 5.41) is 8.33. The summed E-state index contributed by atoms with van der Waals surface area (Å²) in [4.78, 5) is 0. The molecule has 2 aromatic rings. The lowest BCUT2D eigenvalue weighted by Crippen LogP contribution is -2.01. The third-order valence-corrected chi connectivity index (χ3v) is 2.68. The van der Waals surface area contributed by atoms with E-state index in [0.29, 0.717) is 5.92 Å². The molecule has 0 spiro atoms. The lowest BCUT2D eigenvalue weighted by Gasteiger charge is -2.01. The maximum atomic E-state index is 4.18. The second-order valence-electron chi connectivity index (χ2n) is 4.81. The topological polar surface area (TPSA) is 30.7 Å². The number of hydrogen-bond acceptors (Lipinski definition) is 2. The van der Waals surface area contributed by atoms with Crippen LogP contribution in [-0.2, 0) is 19.4 Å². The summed E-state index contributed by atoms with van der Waals surface area (Å²) in [6.07, 6.45) is 4.07. The second kappa shape index (κ2) is 5.62. The van der Waals surface area contributed by atoms with Crippen LogP contribution in [0, 0.1) is 5.92 Å². The number of aromatic nitrogens is 3. The largest absolute Gasteiger partial charge is 0.252 e. The smallest absolute Gasteiger partial charge is 0.0829 e. The highest BCUT2D eigenvalue weighted by Gasteiger charge is 2.03. The Balaban J connectivity index is 1.89. The third kappa shape index (κ3) is 3.70. The summed E-state index contributed by atoms with van der Waals surface area (Å²) in [6.45, 7) is 5.29. The molecule has 0 bridgehead atoms. The SMILES string of the molecule is CC(C)Cc1cn(CCc2ccccc2)nn1. The van der Waals surface area contributed by atoms with Gasteiger partial charge in [0.15, 0.2) is 0 Å². The molecule has 0 amide bonds. The molecule has 17 heavy (non-hydrogen) atoms. The van der Waals surface area contributed by atoms with Crippen molar-refractivity contribution in [1.82, 2.24) is 15.0 Å². The molecule has 0 saturated carbocycles. The molecule has 0 saturated heterocycles. The first-order chi connectivity index (χ1) is 8.24. The van der Waals surface area contributed by atoms with Crippen LogP contribution in [0.4, 0.5) is 0 Å². The highest BCUT2D eigenvalue weighted by atomic mass is 15.4. The van der Waals surface area contributed by atoms with E-state index in [2.05, 4.69) is 54.6 Å². The second-order valence-corrected chi connectivity index (χ2v) is 4.81. The summed E-state index contributed by atoms with van der Waals surface area (Å²) in [5.74, 6) is 0.634. The molecule has 3 heteroatoms. The molecule has 0 aliphatic carbocycles. The maximum absolute atomic E-state index is 4.18. The van der Waals surface area contributed by atoms with Crippen LogP contribution in [0.25, 0.3) is 0 Å². The van der Waals surface area contributed by atoms with Gasteiger partial charge in [-0.3, -0.25) is 4.68 Å². The van der Waals surface area contributed by atoms with Crippen molar-refractivity contribution in [3.63, 3.8) is 0 Å². The van der Waals surface area contributed by atoms with Crippen LogP contribution in [0.1, 0.15) is 25.1 Å². The van der Waals surface area contributed by atoms with Gasteiger partial charge >= 0.3 is 0 Å². The summed E-state index contributed by atoms with van der Waals surface area (Å²) in [7, 11) is 0. The molecule has 1 heterocycles. The third-order valence-electron chi connectivity index (χ3n) is 2.68. The number of hydrogen-bond donors (Lipinski definition) is 0. The average Bonchev–Trinajstić information content (AvgIpc) is 2.75. The number of nitrogens with zero attached hydrogens (tertiary/aromatic N) is 3. The molecular formula is C14H19N3. The fourth-order valence-electron chi connectivity index (χ4n) is 1.85. The lowest BCUT2D eigenvalue weighted by atomic mass is 10.1. The molecule has 1 aromatic carbocycles. The van der Waals surface area contributed by atoms with Gasteiger partial charge in [-0.25, -0.2) is 0 Å². The van der Waals surface area contributed by atoms with Gasteiger partial charge in [0.25, 0.3) is 0 Å². The maximum Gasteiger partial charge on any atom is 0.0829 e. The van der Waals surface area contributed by atoms with Crippen LogP contribution >= 0.6 is 0 Å². The van der Waals surface area contributed by atoms with Crippen molar-refractivity contribution < 1.29 is 0 Å². The first-order valence-electron chi connectivity index (χ1n) is 6.17. The number of rotatable bonds is 5. The van der Waals surface area contributed by atoms with Gasteiger partial charge in [-0.15, -0.1) is 5.10 Å². The van der Waals surface area contributed by atoms with E-state index in [1.165, 1.54) is 5.56 Å². The van der Waals surface area contributed by atoms with Gasteiger partial charge in [-0.1, -0.05) is 49.4 Å². The molecule has 90 valence electrons. The van der Waals surface area contributed by atoms with Gasteiger partial charge in [-0.2, -0.15) is 0 Å². The van der Waals surface area contributed by atoms with Gasteiger partial charge in [0.2, 0.25) is 0 Å². The lowest BCUT2D eigenvalue weighted by molar-refractivity contribution is 0.588. The van der Waals surface area contributed by atoms with Crippen molar-refractivity contribution >= 4 is 0 Å². The monoisotopic (exact) mass is 229 g/mol. The van der Waals surface area contributed by atoms with E-state index in [-0.39, 0.29) is 0 Å². The molecular weight excluding hydrogens is 210 g/mol. The van der Waals surface area contributed by atoms with Crippen molar-refractivity contribution in [3.05, 3.63) is 47.8 Å². The highest BCUT2D eigenvalue weighted by molar-refractivity contribution is 5.14. The van der Waals surface area contributed by atoms with E-state index in [1.807, 2.05) is 10.7 Å². The molecule has 0 fully saturated rings. The number of aryl methyl sites for hydroxylation is 2. The Kier molecular flexibility index (Phi) is 3.91. The van der Waals surface area contributed by atoms with Gasteiger partial charge in [0.05, 0.1) is 5.69 Å². The molecule has 0 unspecified atom stereocenters. The Morgan fingerprint density at radius 2 is 1.94 bits per heavy atom. The normalized spacial score (nSPS) is 11.0. The molecule has 0 aliphatic heterocycles. The molecule has 1 aromatic heterocycles. The Labute approximate surface area is 102 Å². The molecule has 0 N–H and O–H groups in total. The minimum absolute atomic E-state index is 0.634. The summed E-state index contributed by atoms with van der Waals surface area (Å²) < 4.78 is 1.94. The first-order valence-corrected chi connectivity index (χ1v) is 6.17. The van der Waals surface area contributed by atoms with Crippen molar-refractivity contribution in [2.24, 2.45) is 5.92 Å². The fraction of sp³-hybridized carbons (Fsp3) is 0.429. The van der Waals surface area contributed by atoms with E-state index in [4.69, 9.17) is 0 Å². The van der Waals surface area contributed by atoms with E-state index < -0.39 is 0 Å². The molecule has 3 nitrogen and oxygen atoms in total. The Morgan fingerprint density at radius 3 is 2.65 bits per heavy atom.